The maximum atomic E-state index is 6.08. The molecule has 6 heteroatoms. The smallest absolute Gasteiger partial charge is 0.255 e. The third-order valence-electron chi connectivity index (χ3n) is 2.80. The van der Waals surface area contributed by atoms with E-state index in [0.29, 0.717) is 17.4 Å². The van der Waals surface area contributed by atoms with E-state index in [9.17, 15) is 0 Å². The predicted octanol–water partition coefficient (Wildman–Crippen LogP) is 2.30. The molecule has 2 rings (SSSR count). The van der Waals surface area contributed by atoms with Crippen LogP contribution in [-0.2, 0) is 0 Å². The Bertz CT molecular complexity index is 598. The number of halogens is 1. The molecule has 2 aromatic rings. The lowest BCUT2D eigenvalue weighted by Crippen LogP contribution is -2.21. The Balaban J connectivity index is 2.45. The first-order valence-corrected chi connectivity index (χ1v) is 6.11. The minimum absolute atomic E-state index is 0.180. The van der Waals surface area contributed by atoms with Crippen molar-refractivity contribution in [2.24, 2.45) is 0 Å². The number of aromatic nitrogens is 4. The van der Waals surface area contributed by atoms with Crippen molar-refractivity contribution in [3.8, 4) is 12.3 Å². The lowest BCUT2D eigenvalue weighted by Gasteiger charge is -2.18. The first-order chi connectivity index (χ1) is 8.67. The molecule has 2 aromatic heterocycles. The number of nitrogens with one attached hydrogen (secondary N) is 1. The summed E-state index contributed by atoms with van der Waals surface area (Å²) in [4.78, 5) is 8.19. The highest BCUT2D eigenvalue weighted by atomic mass is 35.5. The van der Waals surface area contributed by atoms with E-state index in [0.717, 1.165) is 17.8 Å². The number of rotatable bonds is 4. The molecule has 18 heavy (non-hydrogen) atoms. The van der Waals surface area contributed by atoms with Gasteiger partial charge in [-0.25, -0.2) is 0 Å². The quantitative estimate of drug-likeness (QED) is 0.679. The molecule has 0 saturated heterocycles. The molecule has 0 amide bonds. The molecule has 2 heterocycles. The fraction of sp³-hybridized carbons (Fsp3) is 0.417. The number of fused-ring (bicyclic) bond motifs is 1. The second-order valence-electron chi connectivity index (χ2n) is 4.01. The molecule has 0 saturated carbocycles. The monoisotopic (exact) mass is 263 g/mol. The molecule has 0 spiro atoms. The molecule has 0 fully saturated rings. The van der Waals surface area contributed by atoms with Gasteiger partial charge in [0.1, 0.15) is 17.3 Å². The van der Waals surface area contributed by atoms with Crippen LogP contribution in [0.3, 0.4) is 0 Å². The highest BCUT2D eigenvalue weighted by Gasteiger charge is 2.14. The standard InChI is InChI=1S/C12H14ClN5/c1-4-6-9(5-2)16-11-8(3)10(13)17-12-14-7-15-18(11)12/h1,7,9,16H,5-6H2,2-3H3. The molecule has 0 bridgehead atoms. The molecule has 0 radical (unpaired) electrons. The summed E-state index contributed by atoms with van der Waals surface area (Å²) in [7, 11) is 0. The van der Waals surface area contributed by atoms with Crippen LogP contribution in [-0.4, -0.2) is 25.6 Å². The maximum Gasteiger partial charge on any atom is 0.255 e. The maximum absolute atomic E-state index is 6.08. The lowest BCUT2D eigenvalue weighted by atomic mass is 10.1. The Morgan fingerprint density at radius 3 is 3.06 bits per heavy atom. The van der Waals surface area contributed by atoms with Gasteiger partial charge in [0.05, 0.1) is 0 Å². The van der Waals surface area contributed by atoms with Crippen LogP contribution in [0.2, 0.25) is 5.15 Å². The van der Waals surface area contributed by atoms with Gasteiger partial charge in [-0.3, -0.25) is 0 Å². The van der Waals surface area contributed by atoms with E-state index in [4.69, 9.17) is 18.0 Å². The molecule has 0 aliphatic carbocycles. The molecule has 5 nitrogen and oxygen atoms in total. The summed E-state index contributed by atoms with van der Waals surface area (Å²) < 4.78 is 1.64. The van der Waals surface area contributed by atoms with E-state index < -0.39 is 0 Å². The van der Waals surface area contributed by atoms with Crippen LogP contribution < -0.4 is 5.32 Å². The van der Waals surface area contributed by atoms with Gasteiger partial charge in [-0.15, -0.1) is 12.3 Å². The van der Waals surface area contributed by atoms with Crippen LogP contribution >= 0.6 is 11.6 Å². The van der Waals surface area contributed by atoms with Gasteiger partial charge in [0.2, 0.25) is 0 Å². The fourth-order valence-corrected chi connectivity index (χ4v) is 1.87. The van der Waals surface area contributed by atoms with Crippen molar-refractivity contribution in [2.75, 3.05) is 5.32 Å². The van der Waals surface area contributed by atoms with Gasteiger partial charge in [-0.2, -0.15) is 19.6 Å². The average Bonchev–Trinajstić information content (AvgIpc) is 2.81. The van der Waals surface area contributed by atoms with Crippen LogP contribution in [0.25, 0.3) is 5.78 Å². The van der Waals surface area contributed by atoms with Crippen LogP contribution in [0.1, 0.15) is 25.3 Å². The third kappa shape index (κ3) is 2.24. The van der Waals surface area contributed by atoms with Crippen molar-refractivity contribution in [1.82, 2.24) is 19.6 Å². The van der Waals surface area contributed by atoms with Crippen molar-refractivity contribution in [3.05, 3.63) is 17.0 Å². The Labute approximate surface area is 111 Å². The van der Waals surface area contributed by atoms with Crippen molar-refractivity contribution in [1.29, 1.82) is 0 Å². The minimum atomic E-state index is 0.180. The average molecular weight is 264 g/mol. The van der Waals surface area contributed by atoms with Crippen LogP contribution in [0.4, 0.5) is 5.82 Å². The zero-order valence-corrected chi connectivity index (χ0v) is 11.1. The van der Waals surface area contributed by atoms with Gasteiger partial charge in [-0.1, -0.05) is 18.5 Å². The highest BCUT2D eigenvalue weighted by molar-refractivity contribution is 6.30. The largest absolute Gasteiger partial charge is 0.366 e. The minimum Gasteiger partial charge on any atom is -0.366 e. The van der Waals surface area contributed by atoms with E-state index >= 15 is 0 Å². The summed E-state index contributed by atoms with van der Waals surface area (Å²) in [6.07, 6.45) is 8.37. The van der Waals surface area contributed by atoms with Gasteiger partial charge in [0.25, 0.3) is 5.78 Å². The van der Waals surface area contributed by atoms with Gasteiger partial charge in [0, 0.05) is 18.0 Å². The van der Waals surface area contributed by atoms with Crippen LogP contribution in [0.15, 0.2) is 6.33 Å². The second-order valence-corrected chi connectivity index (χ2v) is 4.36. The summed E-state index contributed by atoms with van der Waals surface area (Å²) in [5.74, 6) is 3.93. The van der Waals surface area contributed by atoms with Gasteiger partial charge >= 0.3 is 0 Å². The predicted molar refractivity (Wildman–Crippen MR) is 71.7 cm³/mol. The summed E-state index contributed by atoms with van der Waals surface area (Å²) in [5.41, 5.74) is 0.838. The summed E-state index contributed by atoms with van der Waals surface area (Å²) in [6.45, 7) is 3.97. The first-order valence-electron chi connectivity index (χ1n) is 5.73. The van der Waals surface area contributed by atoms with E-state index in [1.807, 2.05) is 6.92 Å². The Hall–Kier alpha value is -1.80. The van der Waals surface area contributed by atoms with Crippen molar-refractivity contribution < 1.29 is 0 Å². The number of hydrogen-bond acceptors (Lipinski definition) is 4. The summed E-state index contributed by atoms with van der Waals surface area (Å²) in [5, 5.41) is 7.92. The first kappa shape index (κ1) is 12.7. The van der Waals surface area contributed by atoms with Crippen LogP contribution in [0, 0.1) is 19.3 Å². The number of terminal acetylenes is 1. The SMILES string of the molecule is C#CCC(CC)Nc1c(C)c(Cl)nc2ncnn12. The van der Waals surface area contributed by atoms with E-state index in [1.54, 1.807) is 4.52 Å². The Kier molecular flexibility index (Phi) is 3.68. The highest BCUT2D eigenvalue weighted by Crippen LogP contribution is 2.23. The van der Waals surface area contributed by atoms with Gasteiger partial charge < -0.3 is 5.32 Å². The topological polar surface area (TPSA) is 55.1 Å². The van der Waals surface area contributed by atoms with E-state index in [1.165, 1.54) is 6.33 Å². The number of hydrogen-bond donors (Lipinski definition) is 1. The normalized spacial score (nSPS) is 12.3. The third-order valence-corrected chi connectivity index (χ3v) is 3.17. The molecular weight excluding hydrogens is 250 g/mol. The fourth-order valence-electron chi connectivity index (χ4n) is 1.70. The molecule has 1 atom stereocenters. The molecule has 1 N–H and O–H groups in total. The molecule has 0 aliphatic rings. The van der Waals surface area contributed by atoms with Gasteiger partial charge in [-0.05, 0) is 13.3 Å². The summed E-state index contributed by atoms with van der Waals surface area (Å²) >= 11 is 6.08. The Morgan fingerprint density at radius 2 is 2.39 bits per heavy atom. The van der Waals surface area contributed by atoms with E-state index in [-0.39, 0.29) is 6.04 Å². The molecule has 0 aliphatic heterocycles. The molecule has 0 aromatic carbocycles. The van der Waals surface area contributed by atoms with E-state index in [2.05, 4.69) is 33.2 Å². The zero-order valence-electron chi connectivity index (χ0n) is 10.3. The van der Waals surface area contributed by atoms with Crippen LogP contribution in [0.5, 0.6) is 0 Å². The number of nitrogens with zero attached hydrogens (tertiary/aromatic N) is 4. The second kappa shape index (κ2) is 5.23. The lowest BCUT2D eigenvalue weighted by molar-refractivity contribution is 0.703. The van der Waals surface area contributed by atoms with Crippen molar-refractivity contribution in [3.63, 3.8) is 0 Å². The van der Waals surface area contributed by atoms with Gasteiger partial charge in [0.15, 0.2) is 0 Å². The zero-order chi connectivity index (χ0) is 13.1. The summed E-state index contributed by atoms with van der Waals surface area (Å²) in [6, 6.07) is 0.180. The van der Waals surface area contributed by atoms with Crippen molar-refractivity contribution >= 4 is 23.2 Å². The number of anilines is 1. The Morgan fingerprint density at radius 1 is 1.61 bits per heavy atom. The molecule has 1 unspecified atom stereocenters. The molecule has 94 valence electrons. The van der Waals surface area contributed by atoms with Crippen molar-refractivity contribution in [2.45, 2.75) is 32.7 Å². The molecular formula is C12H14ClN5.